The van der Waals surface area contributed by atoms with Gasteiger partial charge in [0.25, 0.3) is 0 Å². The number of hydrogen-bond acceptors (Lipinski definition) is 5. The Bertz CT molecular complexity index is 848. The Morgan fingerprint density at radius 3 is 2.50 bits per heavy atom. The van der Waals surface area contributed by atoms with E-state index in [2.05, 4.69) is 30.3 Å². The van der Waals surface area contributed by atoms with Crippen molar-refractivity contribution in [3.8, 4) is 0 Å². The van der Waals surface area contributed by atoms with Gasteiger partial charge in [-0.3, -0.25) is 9.35 Å². The van der Waals surface area contributed by atoms with Crippen LogP contribution >= 0.6 is 0 Å². The molecule has 0 saturated heterocycles. The van der Waals surface area contributed by atoms with Gasteiger partial charge >= 0.3 is 10.4 Å². The van der Waals surface area contributed by atoms with Crippen molar-refractivity contribution >= 4 is 16.3 Å². The zero-order chi connectivity index (χ0) is 24.7. The van der Waals surface area contributed by atoms with Crippen molar-refractivity contribution in [3.05, 3.63) is 0 Å². The number of fused-ring (bicyclic) bond motifs is 5. The van der Waals surface area contributed by atoms with Crippen molar-refractivity contribution in [1.82, 2.24) is 5.32 Å². The van der Waals surface area contributed by atoms with Gasteiger partial charge in [-0.2, -0.15) is 8.42 Å². The van der Waals surface area contributed by atoms with Crippen LogP contribution in [0, 0.1) is 46.3 Å². The first kappa shape index (κ1) is 26.4. The minimum atomic E-state index is -4.46. The molecule has 3 N–H and O–H groups in total. The zero-order valence-corrected chi connectivity index (χ0v) is 22.0. The van der Waals surface area contributed by atoms with E-state index in [9.17, 15) is 18.3 Å². The molecule has 8 heteroatoms. The summed E-state index contributed by atoms with van der Waals surface area (Å²) in [5.74, 6) is 4.13. The lowest BCUT2D eigenvalue weighted by molar-refractivity contribution is -0.129. The standard InChI is InChI=1S/C26H45NO6S/c1-17(4-9-24(29)27-14-15-33-34(30,31)32)21-7-8-22-20-6-5-18-16-19(28)10-12-25(18,2)23(20)11-13-26(21,22)3/h17-23,28H,4-16H2,1-3H3,(H,27,29)(H,30,31,32)/t17-,18-,19-,20+,21-,22+,23+,25+,26-/m1/s1. The van der Waals surface area contributed by atoms with Crippen molar-refractivity contribution in [2.24, 2.45) is 46.3 Å². The number of amides is 1. The first-order valence-electron chi connectivity index (χ1n) is 13.5. The smallest absolute Gasteiger partial charge is 0.393 e. The van der Waals surface area contributed by atoms with E-state index in [1.165, 1.54) is 44.9 Å². The second-order valence-corrected chi connectivity index (χ2v) is 13.5. The summed E-state index contributed by atoms with van der Waals surface area (Å²) in [5, 5.41) is 12.9. The van der Waals surface area contributed by atoms with Crippen molar-refractivity contribution in [2.75, 3.05) is 13.2 Å². The van der Waals surface area contributed by atoms with Crippen LogP contribution < -0.4 is 5.32 Å². The highest BCUT2D eigenvalue weighted by Crippen LogP contribution is 2.68. The summed E-state index contributed by atoms with van der Waals surface area (Å²) in [6.45, 7) is 7.19. The fourth-order valence-electron chi connectivity index (χ4n) is 9.20. The van der Waals surface area contributed by atoms with Crippen LogP contribution in [-0.4, -0.2) is 43.2 Å². The molecule has 0 aliphatic heterocycles. The fraction of sp³-hybridized carbons (Fsp3) is 0.962. The number of rotatable bonds is 8. The molecule has 4 saturated carbocycles. The fourth-order valence-corrected chi connectivity index (χ4v) is 9.49. The molecule has 4 aliphatic rings. The van der Waals surface area contributed by atoms with Gasteiger partial charge in [0.1, 0.15) is 0 Å². The van der Waals surface area contributed by atoms with Crippen LogP contribution in [0.2, 0.25) is 0 Å². The Morgan fingerprint density at radius 1 is 1.06 bits per heavy atom. The number of carbonyl (C=O) groups excluding carboxylic acids is 1. The lowest BCUT2D eigenvalue weighted by Gasteiger charge is -2.61. The molecule has 0 radical (unpaired) electrons. The van der Waals surface area contributed by atoms with Gasteiger partial charge in [-0.1, -0.05) is 20.8 Å². The molecular formula is C26H45NO6S. The Kier molecular flexibility index (Phi) is 7.74. The van der Waals surface area contributed by atoms with E-state index in [0.29, 0.717) is 35.0 Å². The quantitative estimate of drug-likeness (QED) is 0.338. The monoisotopic (exact) mass is 499 g/mol. The zero-order valence-electron chi connectivity index (χ0n) is 21.2. The van der Waals surface area contributed by atoms with Gasteiger partial charge in [-0.25, -0.2) is 4.18 Å². The molecule has 4 rings (SSSR count). The predicted octanol–water partition coefficient (Wildman–Crippen LogP) is 4.36. The van der Waals surface area contributed by atoms with Crippen LogP contribution in [0.3, 0.4) is 0 Å². The van der Waals surface area contributed by atoms with Crippen LogP contribution in [0.25, 0.3) is 0 Å². The van der Waals surface area contributed by atoms with Crippen molar-refractivity contribution in [3.63, 3.8) is 0 Å². The molecule has 0 aromatic rings. The van der Waals surface area contributed by atoms with E-state index in [1.54, 1.807) is 0 Å². The van der Waals surface area contributed by atoms with Gasteiger partial charge in [0, 0.05) is 13.0 Å². The lowest BCUT2D eigenvalue weighted by atomic mass is 9.44. The molecule has 0 bridgehead atoms. The van der Waals surface area contributed by atoms with E-state index in [0.717, 1.165) is 37.0 Å². The van der Waals surface area contributed by atoms with E-state index in [1.807, 2.05) is 0 Å². The Balaban J connectivity index is 1.31. The van der Waals surface area contributed by atoms with Crippen LogP contribution in [0.4, 0.5) is 0 Å². The molecule has 196 valence electrons. The number of aliphatic hydroxyl groups is 1. The van der Waals surface area contributed by atoms with Gasteiger partial charge in [0.15, 0.2) is 0 Å². The summed E-state index contributed by atoms with van der Waals surface area (Å²) >= 11 is 0. The molecule has 34 heavy (non-hydrogen) atoms. The molecule has 0 spiro atoms. The first-order valence-corrected chi connectivity index (χ1v) is 14.9. The van der Waals surface area contributed by atoms with Crippen molar-refractivity contribution in [2.45, 2.75) is 97.5 Å². The second-order valence-electron chi connectivity index (χ2n) is 12.4. The third-order valence-corrected chi connectivity index (χ3v) is 11.3. The summed E-state index contributed by atoms with van der Waals surface area (Å²) in [7, 11) is -4.46. The maximum absolute atomic E-state index is 12.2. The van der Waals surface area contributed by atoms with Crippen LogP contribution in [0.5, 0.6) is 0 Å². The molecule has 0 unspecified atom stereocenters. The molecule has 0 heterocycles. The molecule has 9 atom stereocenters. The molecule has 0 aromatic carbocycles. The summed E-state index contributed by atoms with van der Waals surface area (Å²) in [4.78, 5) is 12.2. The van der Waals surface area contributed by atoms with E-state index < -0.39 is 10.4 Å². The second kappa shape index (κ2) is 9.98. The molecule has 7 nitrogen and oxygen atoms in total. The lowest BCUT2D eigenvalue weighted by Crippen LogP contribution is -2.54. The van der Waals surface area contributed by atoms with Gasteiger partial charge in [-0.05, 0) is 111 Å². The van der Waals surface area contributed by atoms with Crippen LogP contribution in [0.15, 0.2) is 0 Å². The maximum Gasteiger partial charge on any atom is 0.397 e. The summed E-state index contributed by atoms with van der Waals surface area (Å²) in [6.07, 6.45) is 12.1. The third kappa shape index (κ3) is 5.21. The molecule has 4 fully saturated rings. The molecule has 4 aliphatic carbocycles. The van der Waals surface area contributed by atoms with Crippen LogP contribution in [0.1, 0.15) is 91.4 Å². The Labute approximate surface area is 205 Å². The van der Waals surface area contributed by atoms with Gasteiger partial charge < -0.3 is 10.4 Å². The number of carbonyl (C=O) groups is 1. The van der Waals surface area contributed by atoms with E-state index >= 15 is 0 Å². The highest BCUT2D eigenvalue weighted by molar-refractivity contribution is 7.80. The maximum atomic E-state index is 12.2. The Morgan fingerprint density at radius 2 is 1.76 bits per heavy atom. The van der Waals surface area contributed by atoms with Crippen molar-refractivity contribution in [1.29, 1.82) is 0 Å². The van der Waals surface area contributed by atoms with E-state index in [4.69, 9.17) is 4.55 Å². The minimum absolute atomic E-state index is 0.0656. The average Bonchev–Trinajstić information content (AvgIpc) is 3.12. The number of hydrogen-bond donors (Lipinski definition) is 3. The molecular weight excluding hydrogens is 454 g/mol. The van der Waals surface area contributed by atoms with Crippen molar-refractivity contribution < 1.29 is 27.1 Å². The van der Waals surface area contributed by atoms with E-state index in [-0.39, 0.29) is 25.2 Å². The topological polar surface area (TPSA) is 113 Å². The third-order valence-electron chi connectivity index (χ3n) is 10.9. The van der Waals surface area contributed by atoms with Crippen LogP contribution in [-0.2, 0) is 19.4 Å². The minimum Gasteiger partial charge on any atom is -0.393 e. The van der Waals surface area contributed by atoms with Gasteiger partial charge in [0.05, 0.1) is 12.7 Å². The molecule has 0 aromatic heterocycles. The number of aliphatic hydroxyl groups excluding tert-OH is 1. The van der Waals surface area contributed by atoms with Gasteiger partial charge in [-0.15, -0.1) is 0 Å². The highest BCUT2D eigenvalue weighted by atomic mass is 32.3. The Hall–Kier alpha value is -0.700. The SMILES string of the molecule is C[C@H](CCC(=O)NCCOS(=O)(=O)O)[C@H]1CC[C@H]2[C@@H]3CC[C@@H]4C[C@H](O)CC[C@]4(C)[C@H]3CC[C@]12C. The summed E-state index contributed by atoms with van der Waals surface area (Å²) < 4.78 is 34.0. The number of nitrogens with one attached hydrogen (secondary N) is 1. The first-order chi connectivity index (χ1) is 15.9. The average molecular weight is 500 g/mol. The predicted molar refractivity (Wildman–Crippen MR) is 130 cm³/mol. The largest absolute Gasteiger partial charge is 0.397 e. The summed E-state index contributed by atoms with van der Waals surface area (Å²) in [5.41, 5.74) is 0.766. The molecule has 1 amide bonds. The van der Waals surface area contributed by atoms with Gasteiger partial charge in [0.2, 0.25) is 5.91 Å². The summed E-state index contributed by atoms with van der Waals surface area (Å²) in [6, 6.07) is 0. The highest BCUT2D eigenvalue weighted by Gasteiger charge is 2.60. The normalized spacial score (nSPS) is 42.9.